The molecule has 1 saturated carbocycles. The molecule has 3 rings (SSSR count). The summed E-state index contributed by atoms with van der Waals surface area (Å²) in [5, 5.41) is 8.71. The van der Waals surface area contributed by atoms with Gasteiger partial charge in [-0.1, -0.05) is 0 Å². The minimum atomic E-state index is -0.620. The second kappa shape index (κ2) is 10.7. The van der Waals surface area contributed by atoms with Gasteiger partial charge < -0.3 is 14.3 Å². The van der Waals surface area contributed by atoms with Crippen LogP contribution in [0.5, 0.6) is 11.5 Å². The third-order valence-corrected chi connectivity index (χ3v) is 5.77. The van der Waals surface area contributed by atoms with E-state index in [0.29, 0.717) is 32.5 Å². The number of amides is 1. The van der Waals surface area contributed by atoms with Crippen molar-refractivity contribution in [3.05, 3.63) is 35.2 Å². The molecule has 29 heavy (non-hydrogen) atoms. The van der Waals surface area contributed by atoms with Crippen LogP contribution in [0.1, 0.15) is 51.0 Å². The largest absolute Gasteiger partial charge is 0.490 e. The molecule has 1 aromatic rings. The van der Waals surface area contributed by atoms with Crippen molar-refractivity contribution in [2.75, 3.05) is 26.2 Å². The minimum absolute atomic E-state index is 0. The number of hydrogen-bond acceptors (Lipinski definition) is 5. The number of nitrogens with zero attached hydrogens (tertiary/aromatic N) is 2. The van der Waals surface area contributed by atoms with Crippen LogP contribution in [0.4, 0.5) is 0 Å². The fourth-order valence-electron chi connectivity index (χ4n) is 4.13. The maximum atomic E-state index is 11.4. The first kappa shape index (κ1) is 23.3. The van der Waals surface area contributed by atoms with E-state index >= 15 is 0 Å². The van der Waals surface area contributed by atoms with E-state index in [-0.39, 0.29) is 25.1 Å². The first-order valence-electron chi connectivity index (χ1n) is 10.1. The average molecular weight is 424 g/mol. The maximum Gasteiger partial charge on any atom is 0.260 e. The molecule has 0 radical (unpaired) electrons. The molecule has 2 aliphatic rings. The second-order valence-corrected chi connectivity index (χ2v) is 7.57. The lowest BCUT2D eigenvalue weighted by Crippen LogP contribution is -2.44. The molecule has 0 unspecified atom stereocenters. The van der Waals surface area contributed by atoms with E-state index < -0.39 is 11.4 Å². The summed E-state index contributed by atoms with van der Waals surface area (Å²) in [6, 6.07) is 5.87. The zero-order valence-corrected chi connectivity index (χ0v) is 17.7. The van der Waals surface area contributed by atoms with E-state index in [0.717, 1.165) is 29.9 Å². The number of ether oxygens (including phenoxy) is 2. The summed E-state index contributed by atoms with van der Waals surface area (Å²) in [6.07, 6.45) is 5.99. The van der Waals surface area contributed by atoms with Crippen LogP contribution in [-0.4, -0.2) is 48.4 Å². The summed E-state index contributed by atoms with van der Waals surface area (Å²) >= 11 is 0. The molecule has 1 amide bonds. The Kier molecular flexibility index (Phi) is 8.57. The number of nitrogens with one attached hydrogen (secondary N) is 1. The standard InChI is InChI=1S/C21H29N3O4.ClH/c1-3-27-18-9-8-16(14-19(18)28-17-6-4-5-7-17)21(22-2)10-12-24(13-11-21)15-20(25)23-26;/h8-9,14,17,26H,3-7,10-13,15H2,1H3,(H,23,25);1H. The van der Waals surface area contributed by atoms with E-state index in [1.807, 2.05) is 30.0 Å². The van der Waals surface area contributed by atoms with Crippen LogP contribution in [-0.2, 0) is 10.3 Å². The monoisotopic (exact) mass is 423 g/mol. The second-order valence-electron chi connectivity index (χ2n) is 7.57. The molecule has 1 saturated heterocycles. The first-order chi connectivity index (χ1) is 13.6. The van der Waals surface area contributed by atoms with Gasteiger partial charge in [0.05, 0.1) is 19.3 Å². The molecule has 1 aromatic carbocycles. The van der Waals surface area contributed by atoms with E-state index in [1.54, 1.807) is 5.48 Å². The van der Waals surface area contributed by atoms with Gasteiger partial charge in [-0.15, -0.1) is 12.4 Å². The molecule has 160 valence electrons. The molecule has 8 heteroatoms. The fraction of sp³-hybridized carbons (Fsp3) is 0.619. The Morgan fingerprint density at radius 3 is 2.59 bits per heavy atom. The lowest BCUT2D eigenvalue weighted by atomic mass is 9.81. The first-order valence-corrected chi connectivity index (χ1v) is 10.1. The number of halogens is 1. The van der Waals surface area contributed by atoms with Gasteiger partial charge in [-0.2, -0.15) is 0 Å². The van der Waals surface area contributed by atoms with E-state index in [1.165, 1.54) is 12.8 Å². The van der Waals surface area contributed by atoms with Crippen molar-refractivity contribution in [1.82, 2.24) is 10.4 Å². The van der Waals surface area contributed by atoms with Gasteiger partial charge >= 0.3 is 0 Å². The predicted molar refractivity (Wildman–Crippen MR) is 112 cm³/mol. The molecule has 1 heterocycles. The van der Waals surface area contributed by atoms with Crippen LogP contribution < -0.4 is 15.0 Å². The molecular formula is C21H30ClN3O4. The summed E-state index contributed by atoms with van der Waals surface area (Å²) in [7, 11) is 0. The average Bonchev–Trinajstić information content (AvgIpc) is 3.23. The lowest BCUT2D eigenvalue weighted by Gasteiger charge is -2.34. The van der Waals surface area contributed by atoms with Gasteiger partial charge in [0.15, 0.2) is 11.5 Å². The maximum absolute atomic E-state index is 11.4. The van der Waals surface area contributed by atoms with Crippen molar-refractivity contribution >= 4 is 18.3 Å². The van der Waals surface area contributed by atoms with Crippen molar-refractivity contribution in [3.8, 4) is 11.5 Å². The van der Waals surface area contributed by atoms with Gasteiger partial charge in [-0.05, 0) is 50.8 Å². The highest BCUT2D eigenvalue weighted by Gasteiger charge is 2.43. The van der Waals surface area contributed by atoms with Gasteiger partial charge in [0.2, 0.25) is 0 Å². The smallest absolute Gasteiger partial charge is 0.260 e. The highest BCUT2D eigenvalue weighted by atomic mass is 35.5. The molecule has 0 bridgehead atoms. The Morgan fingerprint density at radius 2 is 2.00 bits per heavy atom. The predicted octanol–water partition coefficient (Wildman–Crippen LogP) is 3.54. The van der Waals surface area contributed by atoms with Gasteiger partial charge in [-0.3, -0.25) is 14.9 Å². The van der Waals surface area contributed by atoms with Crippen LogP contribution in [0.15, 0.2) is 18.2 Å². The van der Waals surface area contributed by atoms with Crippen LogP contribution >= 0.6 is 12.4 Å². The Morgan fingerprint density at radius 1 is 1.31 bits per heavy atom. The fourth-order valence-corrected chi connectivity index (χ4v) is 4.13. The Labute approximate surface area is 178 Å². The highest BCUT2D eigenvalue weighted by Crippen LogP contribution is 2.41. The number of piperidine rings is 1. The summed E-state index contributed by atoms with van der Waals surface area (Å²) in [5.74, 6) is 1.04. The van der Waals surface area contributed by atoms with Crippen molar-refractivity contribution in [2.45, 2.75) is 57.1 Å². The highest BCUT2D eigenvalue weighted by molar-refractivity contribution is 5.85. The summed E-state index contributed by atoms with van der Waals surface area (Å²) < 4.78 is 12.0. The number of carbonyl (C=O) groups is 1. The van der Waals surface area contributed by atoms with E-state index in [9.17, 15) is 4.79 Å². The Hall–Kier alpha value is -2.01. The number of likely N-dealkylation sites (tertiary alicyclic amines) is 1. The number of rotatable bonds is 7. The molecule has 1 aliphatic carbocycles. The number of hydrogen-bond donors (Lipinski definition) is 2. The number of hydroxylamine groups is 1. The van der Waals surface area contributed by atoms with E-state index in [4.69, 9.17) is 21.3 Å². The lowest BCUT2D eigenvalue weighted by molar-refractivity contribution is -0.130. The summed E-state index contributed by atoms with van der Waals surface area (Å²) in [4.78, 5) is 17.4. The Balaban J connectivity index is 0.00000300. The molecule has 7 nitrogen and oxygen atoms in total. The third-order valence-electron chi connectivity index (χ3n) is 5.77. The van der Waals surface area contributed by atoms with Crippen LogP contribution in [0, 0.1) is 6.57 Å². The molecule has 2 N–H and O–H groups in total. The van der Waals surface area contributed by atoms with Crippen LogP contribution in [0.3, 0.4) is 0 Å². The topological polar surface area (TPSA) is 75.4 Å². The van der Waals surface area contributed by atoms with Crippen molar-refractivity contribution in [3.63, 3.8) is 0 Å². The third kappa shape index (κ3) is 5.53. The zero-order valence-electron chi connectivity index (χ0n) is 16.9. The summed E-state index contributed by atoms with van der Waals surface area (Å²) in [6.45, 7) is 11.8. The van der Waals surface area contributed by atoms with Crippen molar-refractivity contribution in [1.29, 1.82) is 0 Å². The molecule has 1 aliphatic heterocycles. The molecule has 0 spiro atoms. The number of benzene rings is 1. The minimum Gasteiger partial charge on any atom is -0.490 e. The van der Waals surface area contributed by atoms with Gasteiger partial charge in [-0.25, -0.2) is 12.1 Å². The van der Waals surface area contributed by atoms with Gasteiger partial charge in [0.25, 0.3) is 11.4 Å². The van der Waals surface area contributed by atoms with Crippen LogP contribution in [0.2, 0.25) is 0 Å². The molecule has 0 aromatic heterocycles. The SMILES string of the molecule is Cl.[C-]#[N+]C1(c2ccc(OCC)c(OC3CCCC3)c2)CCN(CC(=O)NO)CC1. The Bertz CT molecular complexity index is 723. The summed E-state index contributed by atoms with van der Waals surface area (Å²) in [5.41, 5.74) is 2.00. The van der Waals surface area contributed by atoms with Crippen LogP contribution in [0.25, 0.3) is 4.85 Å². The zero-order chi connectivity index (χ0) is 20.0. The molecule has 2 fully saturated rings. The molecule has 0 atom stereocenters. The number of carbonyl (C=O) groups excluding carboxylic acids is 1. The van der Waals surface area contributed by atoms with Gasteiger partial charge in [0, 0.05) is 31.5 Å². The normalized spacial score (nSPS) is 19.1. The van der Waals surface area contributed by atoms with Gasteiger partial charge in [0.1, 0.15) is 0 Å². The quantitative estimate of drug-likeness (QED) is 0.398. The van der Waals surface area contributed by atoms with Crippen molar-refractivity contribution in [2.24, 2.45) is 0 Å². The molecular weight excluding hydrogens is 394 g/mol. The van der Waals surface area contributed by atoms with E-state index in [2.05, 4.69) is 4.85 Å². The van der Waals surface area contributed by atoms with Crippen molar-refractivity contribution < 1.29 is 19.5 Å².